The van der Waals surface area contributed by atoms with Crippen molar-refractivity contribution in [1.29, 1.82) is 0 Å². The molecule has 0 radical (unpaired) electrons. The predicted molar refractivity (Wildman–Crippen MR) is 68.7 cm³/mol. The molecular formula is C14H21NO. The molecule has 0 saturated carbocycles. The minimum Gasteiger partial charge on any atom is -0.489 e. The van der Waals surface area contributed by atoms with E-state index in [1.165, 1.54) is 5.57 Å². The van der Waals surface area contributed by atoms with E-state index in [1.807, 2.05) is 26.0 Å². The summed E-state index contributed by atoms with van der Waals surface area (Å²) in [5.41, 5.74) is 9.37. The number of nitrogens with two attached hydrogens (primary N) is 1. The van der Waals surface area contributed by atoms with Crippen molar-refractivity contribution in [2.75, 3.05) is 6.61 Å². The van der Waals surface area contributed by atoms with Crippen LogP contribution >= 0.6 is 0 Å². The van der Waals surface area contributed by atoms with Crippen molar-refractivity contribution in [3.8, 4) is 5.75 Å². The lowest BCUT2D eigenvalue weighted by Gasteiger charge is -2.11. The Bertz CT molecular complexity index is 376. The molecule has 1 aromatic rings. The van der Waals surface area contributed by atoms with Crippen LogP contribution in [0.2, 0.25) is 0 Å². The van der Waals surface area contributed by atoms with Crippen LogP contribution in [0.15, 0.2) is 29.8 Å². The van der Waals surface area contributed by atoms with Gasteiger partial charge >= 0.3 is 0 Å². The maximum absolute atomic E-state index is 5.82. The first-order valence-corrected chi connectivity index (χ1v) is 5.63. The van der Waals surface area contributed by atoms with Gasteiger partial charge in [-0.1, -0.05) is 17.7 Å². The van der Waals surface area contributed by atoms with Gasteiger partial charge in [0, 0.05) is 6.04 Å². The van der Waals surface area contributed by atoms with Gasteiger partial charge in [0.1, 0.15) is 12.4 Å². The SMILES string of the molecule is CC(C)=CCOc1ccc(C(C)N)cc1C. The number of rotatable bonds is 4. The molecular weight excluding hydrogens is 198 g/mol. The summed E-state index contributed by atoms with van der Waals surface area (Å²) < 4.78 is 5.67. The van der Waals surface area contributed by atoms with E-state index in [2.05, 4.69) is 26.0 Å². The van der Waals surface area contributed by atoms with Crippen molar-refractivity contribution >= 4 is 0 Å². The van der Waals surface area contributed by atoms with Crippen LogP contribution in [0.3, 0.4) is 0 Å². The van der Waals surface area contributed by atoms with Gasteiger partial charge in [0.2, 0.25) is 0 Å². The van der Waals surface area contributed by atoms with Crippen LogP contribution in [0, 0.1) is 6.92 Å². The van der Waals surface area contributed by atoms with Gasteiger partial charge in [0.05, 0.1) is 0 Å². The third-order valence-electron chi connectivity index (χ3n) is 2.46. The third-order valence-corrected chi connectivity index (χ3v) is 2.46. The van der Waals surface area contributed by atoms with Crippen molar-refractivity contribution < 1.29 is 4.74 Å². The van der Waals surface area contributed by atoms with E-state index in [9.17, 15) is 0 Å². The van der Waals surface area contributed by atoms with E-state index in [4.69, 9.17) is 10.5 Å². The van der Waals surface area contributed by atoms with Crippen LogP contribution in [0.1, 0.15) is 37.9 Å². The van der Waals surface area contributed by atoms with Crippen LogP contribution < -0.4 is 10.5 Å². The predicted octanol–water partition coefficient (Wildman–Crippen LogP) is 3.36. The molecule has 0 aliphatic heterocycles. The Morgan fingerprint density at radius 2 is 2.12 bits per heavy atom. The monoisotopic (exact) mass is 219 g/mol. The van der Waals surface area contributed by atoms with E-state index in [1.54, 1.807) is 0 Å². The Morgan fingerprint density at radius 3 is 2.62 bits per heavy atom. The quantitative estimate of drug-likeness (QED) is 0.788. The largest absolute Gasteiger partial charge is 0.489 e. The number of hydrogen-bond donors (Lipinski definition) is 1. The molecule has 1 aromatic carbocycles. The second-order valence-electron chi connectivity index (χ2n) is 4.41. The van der Waals surface area contributed by atoms with E-state index < -0.39 is 0 Å². The Kier molecular flexibility index (Phi) is 4.56. The van der Waals surface area contributed by atoms with Gasteiger partial charge in [-0.05, 0) is 51.0 Å². The molecule has 1 rings (SSSR count). The van der Waals surface area contributed by atoms with Gasteiger partial charge in [0.15, 0.2) is 0 Å². The second kappa shape index (κ2) is 5.71. The molecule has 0 aliphatic rings. The molecule has 0 aromatic heterocycles. The summed E-state index contributed by atoms with van der Waals surface area (Å²) in [5, 5.41) is 0. The van der Waals surface area contributed by atoms with Gasteiger partial charge in [-0.15, -0.1) is 0 Å². The molecule has 0 heterocycles. The third kappa shape index (κ3) is 3.70. The summed E-state index contributed by atoms with van der Waals surface area (Å²) in [6, 6.07) is 6.18. The highest BCUT2D eigenvalue weighted by Gasteiger charge is 2.03. The van der Waals surface area contributed by atoms with Crippen molar-refractivity contribution in [3.05, 3.63) is 41.0 Å². The summed E-state index contributed by atoms with van der Waals surface area (Å²) in [6.07, 6.45) is 2.07. The van der Waals surface area contributed by atoms with Gasteiger partial charge in [-0.2, -0.15) is 0 Å². The molecule has 1 atom stereocenters. The summed E-state index contributed by atoms with van der Waals surface area (Å²) in [5.74, 6) is 0.932. The van der Waals surface area contributed by atoms with Crippen LogP contribution in [-0.4, -0.2) is 6.61 Å². The minimum absolute atomic E-state index is 0.0746. The number of ether oxygens (including phenoxy) is 1. The van der Waals surface area contributed by atoms with Gasteiger partial charge in [0.25, 0.3) is 0 Å². The molecule has 0 saturated heterocycles. The average Bonchev–Trinajstić information content (AvgIpc) is 2.19. The van der Waals surface area contributed by atoms with Crippen LogP contribution in [0.4, 0.5) is 0 Å². The highest BCUT2D eigenvalue weighted by Crippen LogP contribution is 2.21. The Balaban J connectivity index is 2.72. The summed E-state index contributed by atoms with van der Waals surface area (Å²) in [4.78, 5) is 0. The second-order valence-corrected chi connectivity index (χ2v) is 4.41. The van der Waals surface area contributed by atoms with Crippen LogP contribution in [0.25, 0.3) is 0 Å². The molecule has 1 unspecified atom stereocenters. The standard InChI is InChI=1S/C14H21NO/c1-10(2)7-8-16-14-6-5-13(12(4)15)9-11(14)3/h5-7,9,12H,8,15H2,1-4H3. The Morgan fingerprint density at radius 1 is 1.44 bits per heavy atom. The van der Waals surface area contributed by atoms with Crippen molar-refractivity contribution in [2.45, 2.75) is 33.7 Å². The number of allylic oxidation sites excluding steroid dienone is 1. The average molecular weight is 219 g/mol. The lowest BCUT2D eigenvalue weighted by atomic mass is 10.1. The Hall–Kier alpha value is -1.28. The van der Waals surface area contributed by atoms with Crippen LogP contribution in [0.5, 0.6) is 5.75 Å². The highest BCUT2D eigenvalue weighted by molar-refractivity contribution is 5.37. The first-order chi connectivity index (χ1) is 7.50. The molecule has 2 N–H and O–H groups in total. The fourth-order valence-corrected chi connectivity index (χ4v) is 1.42. The molecule has 2 heteroatoms. The fourth-order valence-electron chi connectivity index (χ4n) is 1.42. The molecule has 0 aliphatic carbocycles. The van der Waals surface area contributed by atoms with Crippen molar-refractivity contribution in [3.63, 3.8) is 0 Å². The van der Waals surface area contributed by atoms with Crippen molar-refractivity contribution in [1.82, 2.24) is 0 Å². The van der Waals surface area contributed by atoms with E-state index in [0.29, 0.717) is 6.61 Å². The Labute approximate surface area is 98.1 Å². The van der Waals surface area contributed by atoms with Crippen molar-refractivity contribution in [2.24, 2.45) is 5.73 Å². The van der Waals surface area contributed by atoms with Gasteiger partial charge in [-0.25, -0.2) is 0 Å². The molecule has 2 nitrogen and oxygen atoms in total. The normalized spacial score (nSPS) is 12.1. The minimum atomic E-state index is 0.0746. The molecule has 0 fully saturated rings. The van der Waals surface area contributed by atoms with E-state index in [-0.39, 0.29) is 6.04 Å². The summed E-state index contributed by atoms with van der Waals surface area (Å²) >= 11 is 0. The van der Waals surface area contributed by atoms with Gasteiger partial charge in [-0.3, -0.25) is 0 Å². The zero-order valence-electron chi connectivity index (χ0n) is 10.6. The molecule has 0 amide bonds. The van der Waals surface area contributed by atoms with Gasteiger partial charge < -0.3 is 10.5 Å². The molecule has 0 bridgehead atoms. The smallest absolute Gasteiger partial charge is 0.122 e. The van der Waals surface area contributed by atoms with E-state index >= 15 is 0 Å². The number of benzene rings is 1. The molecule has 0 spiro atoms. The summed E-state index contributed by atoms with van der Waals surface area (Å²) in [7, 11) is 0. The number of hydrogen-bond acceptors (Lipinski definition) is 2. The molecule has 88 valence electrons. The molecule has 16 heavy (non-hydrogen) atoms. The zero-order valence-corrected chi connectivity index (χ0v) is 10.6. The maximum Gasteiger partial charge on any atom is 0.122 e. The first kappa shape index (κ1) is 12.8. The first-order valence-electron chi connectivity index (χ1n) is 5.63. The maximum atomic E-state index is 5.82. The lowest BCUT2D eigenvalue weighted by Crippen LogP contribution is -2.05. The van der Waals surface area contributed by atoms with Crippen LogP contribution in [-0.2, 0) is 0 Å². The highest BCUT2D eigenvalue weighted by atomic mass is 16.5. The topological polar surface area (TPSA) is 35.2 Å². The van der Waals surface area contributed by atoms with E-state index in [0.717, 1.165) is 16.9 Å². The zero-order chi connectivity index (χ0) is 12.1. The fraction of sp³-hybridized carbons (Fsp3) is 0.429. The lowest BCUT2D eigenvalue weighted by molar-refractivity contribution is 0.359. The summed E-state index contributed by atoms with van der Waals surface area (Å²) in [6.45, 7) is 8.79. The number of aryl methyl sites for hydroxylation is 1.